The molecule has 0 aromatic carbocycles. The summed E-state index contributed by atoms with van der Waals surface area (Å²) in [5.41, 5.74) is 0. The lowest BCUT2D eigenvalue weighted by molar-refractivity contribution is -0.121. The minimum Gasteiger partial charge on any atom is -0.431 e. The Morgan fingerprint density at radius 1 is 1.56 bits per heavy atom. The number of carbonyl (C=O) groups excluding carboxylic acids is 2. The van der Waals surface area contributed by atoms with E-state index in [1.807, 2.05) is 19.0 Å². The van der Waals surface area contributed by atoms with Crippen LogP contribution in [-0.4, -0.2) is 55.5 Å². The Balaban J connectivity index is 3.96. The van der Waals surface area contributed by atoms with Gasteiger partial charge in [0.05, 0.1) is 12.7 Å². The normalized spacial score (nSPS) is 12.2. The number of imide groups is 1. The van der Waals surface area contributed by atoms with Gasteiger partial charge >= 0.3 is 0 Å². The molecule has 6 nitrogen and oxygen atoms in total. The maximum Gasteiger partial charge on any atom is 0.287 e. The van der Waals surface area contributed by atoms with Crippen molar-refractivity contribution in [3.63, 3.8) is 0 Å². The molecule has 1 unspecified atom stereocenters. The highest BCUT2D eigenvalue weighted by atomic mass is 16.5. The first-order valence-electron chi connectivity index (χ1n) is 5.88. The highest BCUT2D eigenvalue weighted by molar-refractivity contribution is 6.48. The molecular formula is C11H21BN2O4. The van der Waals surface area contributed by atoms with Crippen LogP contribution in [0.4, 0.5) is 0 Å². The van der Waals surface area contributed by atoms with E-state index in [2.05, 4.69) is 0 Å². The van der Waals surface area contributed by atoms with Gasteiger partial charge in [0.2, 0.25) is 6.41 Å². The zero-order valence-corrected chi connectivity index (χ0v) is 11.1. The second-order valence-corrected chi connectivity index (χ2v) is 4.20. The molecule has 102 valence electrons. The summed E-state index contributed by atoms with van der Waals surface area (Å²) in [4.78, 5) is 22.7. The van der Waals surface area contributed by atoms with Gasteiger partial charge in [-0.05, 0) is 6.42 Å². The van der Waals surface area contributed by atoms with Crippen molar-refractivity contribution >= 4 is 19.2 Å². The average Bonchev–Trinajstić information content (AvgIpc) is 2.31. The molecule has 0 radical (unpaired) electrons. The number of amides is 2. The van der Waals surface area contributed by atoms with Gasteiger partial charge in [-0.2, -0.15) is 0 Å². The lowest BCUT2D eigenvalue weighted by Crippen LogP contribution is -2.28. The van der Waals surface area contributed by atoms with Crippen LogP contribution in [-0.2, 0) is 14.2 Å². The molecule has 7 heteroatoms. The molecule has 0 aromatic rings. The molecule has 0 rings (SSSR count). The summed E-state index contributed by atoms with van der Waals surface area (Å²) in [5, 5.41) is 11.1. The predicted octanol–water partition coefficient (Wildman–Crippen LogP) is -0.277. The van der Waals surface area contributed by atoms with Gasteiger partial charge in [0.15, 0.2) is 0 Å². The van der Waals surface area contributed by atoms with Crippen LogP contribution >= 0.6 is 0 Å². The zero-order valence-electron chi connectivity index (χ0n) is 11.1. The van der Waals surface area contributed by atoms with E-state index in [9.17, 15) is 9.59 Å². The molecule has 0 bridgehead atoms. The van der Waals surface area contributed by atoms with Crippen LogP contribution in [0.25, 0.3) is 0 Å². The average molecular weight is 256 g/mol. The van der Waals surface area contributed by atoms with E-state index in [0.717, 1.165) is 0 Å². The maximum atomic E-state index is 11.0. The van der Waals surface area contributed by atoms with Crippen LogP contribution in [0.3, 0.4) is 0 Å². The highest BCUT2D eigenvalue weighted by Crippen LogP contribution is 2.02. The van der Waals surface area contributed by atoms with E-state index in [1.165, 1.54) is 6.08 Å². The van der Waals surface area contributed by atoms with E-state index in [4.69, 9.17) is 9.76 Å². The third-order valence-corrected chi connectivity index (χ3v) is 2.15. The van der Waals surface area contributed by atoms with E-state index < -0.39 is 5.91 Å². The van der Waals surface area contributed by atoms with E-state index in [0.29, 0.717) is 19.4 Å². The van der Waals surface area contributed by atoms with Crippen LogP contribution in [0, 0.1) is 0 Å². The molecule has 2 amide bonds. The number of carbonyl (C=O) groups is 2. The summed E-state index contributed by atoms with van der Waals surface area (Å²) < 4.78 is 5.49. The maximum absolute atomic E-state index is 11.0. The summed E-state index contributed by atoms with van der Waals surface area (Å²) in [6.07, 6.45) is 3.63. The fourth-order valence-corrected chi connectivity index (χ4v) is 1.31. The predicted molar refractivity (Wildman–Crippen MR) is 70.0 cm³/mol. The number of aliphatic hydroxyl groups is 1. The van der Waals surface area contributed by atoms with Gasteiger partial charge in [0.25, 0.3) is 12.8 Å². The van der Waals surface area contributed by atoms with Gasteiger partial charge in [-0.3, -0.25) is 14.9 Å². The lowest BCUT2D eigenvalue weighted by Gasteiger charge is -2.20. The molecule has 0 aliphatic heterocycles. The van der Waals surface area contributed by atoms with Crippen LogP contribution in [0.1, 0.15) is 6.42 Å². The van der Waals surface area contributed by atoms with E-state index in [-0.39, 0.29) is 19.6 Å². The quantitative estimate of drug-likeness (QED) is 0.337. The minimum absolute atomic E-state index is 0.0264. The van der Waals surface area contributed by atoms with E-state index >= 15 is 0 Å². The zero-order chi connectivity index (χ0) is 14.0. The van der Waals surface area contributed by atoms with Gasteiger partial charge in [0.1, 0.15) is 0 Å². The first kappa shape index (κ1) is 16.7. The summed E-state index contributed by atoms with van der Waals surface area (Å²) in [5.74, 6) is -0.464. The van der Waals surface area contributed by atoms with Crippen molar-refractivity contribution in [2.75, 3.05) is 20.2 Å². The summed E-state index contributed by atoms with van der Waals surface area (Å²) in [6.45, 7) is 4.51. The Bertz CT molecular complexity index is 284. The molecule has 1 atom stereocenters. The fraction of sp³-hybridized carbons (Fsp3) is 0.636. The molecule has 0 heterocycles. The number of hydrogen-bond donors (Lipinski definition) is 2. The number of nitrogens with zero attached hydrogens (tertiary/aromatic N) is 1. The monoisotopic (exact) mass is 256 g/mol. The summed E-state index contributed by atoms with van der Waals surface area (Å²) >= 11 is 0. The van der Waals surface area contributed by atoms with Gasteiger partial charge in [0, 0.05) is 25.9 Å². The molecule has 0 saturated carbocycles. The van der Waals surface area contributed by atoms with Gasteiger partial charge in [-0.1, -0.05) is 13.6 Å². The molecule has 0 saturated heterocycles. The Morgan fingerprint density at radius 3 is 2.72 bits per heavy atom. The highest BCUT2D eigenvalue weighted by Gasteiger charge is 2.11. The number of hydrogen-bond acceptors (Lipinski definition) is 5. The fourth-order valence-electron chi connectivity index (χ4n) is 1.31. The smallest absolute Gasteiger partial charge is 0.287 e. The lowest BCUT2D eigenvalue weighted by atomic mass is 9.75. The van der Waals surface area contributed by atoms with Crippen molar-refractivity contribution in [1.82, 2.24) is 10.2 Å². The first-order valence-corrected chi connectivity index (χ1v) is 5.88. The number of aliphatic hydroxyl groups excluding tert-OH is 1. The Kier molecular flexibility index (Phi) is 8.95. The van der Waals surface area contributed by atoms with Crippen molar-refractivity contribution in [3.05, 3.63) is 12.3 Å². The molecule has 18 heavy (non-hydrogen) atoms. The standard InChI is InChI=1S/C11H21BN2O4/c1-12(2)18-10(8-15)4-6-14(3)7-5-11(17)13-9-16/h5,7,9-10,15H,4,6,8H2,1-3H3,(H,13,16,17)/b7-5-. The van der Waals surface area contributed by atoms with Crippen LogP contribution in [0.15, 0.2) is 12.3 Å². The third kappa shape index (κ3) is 8.78. The van der Waals surface area contributed by atoms with Crippen molar-refractivity contribution in [2.45, 2.75) is 26.2 Å². The number of rotatable bonds is 9. The molecular weight excluding hydrogens is 235 g/mol. The van der Waals surface area contributed by atoms with Gasteiger partial charge < -0.3 is 14.7 Å². The number of nitrogens with one attached hydrogen (secondary N) is 1. The molecule has 0 fully saturated rings. The second-order valence-electron chi connectivity index (χ2n) is 4.20. The van der Waals surface area contributed by atoms with E-state index in [1.54, 1.807) is 18.1 Å². The topological polar surface area (TPSA) is 78.9 Å². The molecule has 2 N–H and O–H groups in total. The Morgan fingerprint density at radius 2 is 2.22 bits per heavy atom. The van der Waals surface area contributed by atoms with Crippen LogP contribution in [0.2, 0.25) is 13.6 Å². The largest absolute Gasteiger partial charge is 0.431 e. The van der Waals surface area contributed by atoms with Crippen LogP contribution < -0.4 is 5.32 Å². The minimum atomic E-state index is -0.464. The molecule has 0 aliphatic rings. The molecule has 0 aliphatic carbocycles. The van der Waals surface area contributed by atoms with Gasteiger partial charge in [-0.15, -0.1) is 0 Å². The van der Waals surface area contributed by atoms with Crippen molar-refractivity contribution in [3.8, 4) is 0 Å². The summed E-state index contributed by atoms with van der Waals surface area (Å²) in [7, 11) is 1.80. The SMILES string of the molecule is CB(C)OC(CO)CCN(C)/C=C\C(=O)NC=O. The third-order valence-electron chi connectivity index (χ3n) is 2.15. The van der Waals surface area contributed by atoms with Crippen LogP contribution in [0.5, 0.6) is 0 Å². The Labute approximate surface area is 108 Å². The van der Waals surface area contributed by atoms with Crippen molar-refractivity contribution < 1.29 is 19.3 Å². The molecule has 0 spiro atoms. The molecule has 0 aromatic heterocycles. The van der Waals surface area contributed by atoms with Gasteiger partial charge in [-0.25, -0.2) is 0 Å². The van der Waals surface area contributed by atoms with Crippen molar-refractivity contribution in [1.29, 1.82) is 0 Å². The van der Waals surface area contributed by atoms with Crippen molar-refractivity contribution in [2.24, 2.45) is 0 Å². The summed E-state index contributed by atoms with van der Waals surface area (Å²) in [6, 6.07) is 0. The Hall–Kier alpha value is -1.34. The second kappa shape index (κ2) is 9.67. The first-order chi connectivity index (χ1) is 8.49.